The zero-order valence-electron chi connectivity index (χ0n) is 20.6. The van der Waals surface area contributed by atoms with E-state index in [0.29, 0.717) is 43.7 Å². The predicted octanol–water partition coefficient (Wildman–Crippen LogP) is 1.92. The van der Waals surface area contributed by atoms with Gasteiger partial charge in [0.05, 0.1) is 17.3 Å². The van der Waals surface area contributed by atoms with E-state index in [1.54, 1.807) is 6.20 Å². The molecule has 0 spiro atoms. The van der Waals surface area contributed by atoms with Crippen LogP contribution in [-0.2, 0) is 11.2 Å². The van der Waals surface area contributed by atoms with Crippen molar-refractivity contribution in [3.8, 4) is 0 Å². The molecular formula is C26H35FN4O4. The average Bonchev–Trinajstić information content (AvgIpc) is 2.85. The minimum absolute atomic E-state index is 0.0362. The second-order valence-corrected chi connectivity index (χ2v) is 10.3. The number of rotatable bonds is 5. The van der Waals surface area contributed by atoms with Crippen LogP contribution in [0.2, 0.25) is 0 Å². The Morgan fingerprint density at radius 1 is 1.23 bits per heavy atom. The quantitative estimate of drug-likeness (QED) is 0.625. The molecule has 35 heavy (non-hydrogen) atoms. The number of carbonyl (C=O) groups excluding carboxylic acids is 1. The van der Waals surface area contributed by atoms with Crippen LogP contribution in [0.15, 0.2) is 17.1 Å². The molecule has 0 radical (unpaired) electrons. The van der Waals surface area contributed by atoms with Gasteiger partial charge in [0.15, 0.2) is 0 Å². The van der Waals surface area contributed by atoms with Gasteiger partial charge in [-0.3, -0.25) is 9.69 Å². The van der Waals surface area contributed by atoms with Gasteiger partial charge in [-0.25, -0.2) is 9.18 Å². The normalized spacial score (nSPS) is 25.1. The van der Waals surface area contributed by atoms with Crippen LogP contribution < -0.4 is 15.6 Å². The molecule has 0 bridgehead atoms. The van der Waals surface area contributed by atoms with E-state index in [2.05, 4.69) is 17.1 Å². The monoisotopic (exact) mass is 486 g/mol. The van der Waals surface area contributed by atoms with E-state index in [1.165, 1.54) is 6.07 Å². The standard InChI is InChI=1S/C26H35FN4O4/c1-16-14-30(8-5-22(16)32)24-18-4-3-17(2)31-15-20(25(33)19(23(18)31)13-21(24)27)26(34)35-12-11-29-9-6-28-7-10-29/h13,15-17,22,28,32H,3-12,14H2,1-2H3/t16-,17-,22-/m0/s1. The lowest BCUT2D eigenvalue weighted by Gasteiger charge is -2.38. The maximum absolute atomic E-state index is 15.6. The lowest BCUT2D eigenvalue weighted by molar-refractivity contribution is 0.0453. The molecule has 2 saturated heterocycles. The first-order valence-electron chi connectivity index (χ1n) is 12.8. The van der Waals surface area contributed by atoms with Gasteiger partial charge in [0.2, 0.25) is 5.43 Å². The van der Waals surface area contributed by atoms with Crippen LogP contribution in [-0.4, -0.2) is 79.1 Å². The van der Waals surface area contributed by atoms with E-state index in [0.717, 1.165) is 38.2 Å². The van der Waals surface area contributed by atoms with Gasteiger partial charge in [0, 0.05) is 69.0 Å². The van der Waals surface area contributed by atoms with Crippen LogP contribution in [0.4, 0.5) is 10.1 Å². The van der Waals surface area contributed by atoms with Gasteiger partial charge in [0.25, 0.3) is 0 Å². The molecule has 9 heteroatoms. The third-order valence-corrected chi connectivity index (χ3v) is 7.87. The van der Waals surface area contributed by atoms with Gasteiger partial charge < -0.3 is 24.6 Å². The largest absolute Gasteiger partial charge is 0.461 e. The van der Waals surface area contributed by atoms with Crippen LogP contribution >= 0.6 is 0 Å². The van der Waals surface area contributed by atoms with E-state index in [4.69, 9.17) is 4.74 Å². The van der Waals surface area contributed by atoms with E-state index >= 15 is 4.39 Å². The third kappa shape index (κ3) is 4.57. The molecule has 5 rings (SSSR count). The van der Waals surface area contributed by atoms with Crippen LogP contribution in [0, 0.1) is 11.7 Å². The summed E-state index contributed by atoms with van der Waals surface area (Å²) in [5, 5.41) is 13.7. The summed E-state index contributed by atoms with van der Waals surface area (Å²) in [6.07, 6.45) is 3.25. The maximum atomic E-state index is 15.6. The number of halogens is 1. The Morgan fingerprint density at radius 3 is 2.74 bits per heavy atom. The SMILES string of the molecule is C[C@H]1CN(c2c(F)cc3c(=O)c(C(=O)OCCN4CCNCC4)cn4c3c2CC[C@@H]4C)CC[C@@H]1O. The van der Waals surface area contributed by atoms with E-state index in [-0.39, 0.29) is 35.6 Å². The van der Waals surface area contributed by atoms with Crippen molar-refractivity contribution < 1.29 is 19.0 Å². The van der Waals surface area contributed by atoms with Crippen molar-refractivity contribution in [1.29, 1.82) is 0 Å². The van der Waals surface area contributed by atoms with Crippen LogP contribution in [0.3, 0.4) is 0 Å². The number of piperidine rings is 1. The zero-order valence-corrected chi connectivity index (χ0v) is 20.6. The second-order valence-electron chi connectivity index (χ2n) is 10.3. The highest BCUT2D eigenvalue weighted by Crippen LogP contribution is 2.39. The number of esters is 1. The van der Waals surface area contributed by atoms with Crippen LogP contribution in [0.5, 0.6) is 0 Å². The molecular weight excluding hydrogens is 451 g/mol. The minimum atomic E-state index is -0.654. The van der Waals surface area contributed by atoms with Crippen LogP contribution in [0.25, 0.3) is 10.9 Å². The summed E-state index contributed by atoms with van der Waals surface area (Å²) in [4.78, 5) is 30.5. The number of nitrogens with zero attached hydrogens (tertiary/aromatic N) is 3. The van der Waals surface area contributed by atoms with Gasteiger partial charge in [-0.15, -0.1) is 0 Å². The number of hydrogen-bond acceptors (Lipinski definition) is 7. The second kappa shape index (κ2) is 9.87. The molecule has 2 aromatic rings. The molecule has 3 aliphatic rings. The number of pyridine rings is 1. The molecule has 8 nitrogen and oxygen atoms in total. The summed E-state index contributed by atoms with van der Waals surface area (Å²) < 4.78 is 23.0. The van der Waals surface area contributed by atoms with Gasteiger partial charge in [0.1, 0.15) is 18.0 Å². The Bertz CT molecular complexity index is 1180. The Balaban J connectivity index is 1.48. The predicted molar refractivity (Wildman–Crippen MR) is 133 cm³/mol. The topological polar surface area (TPSA) is 87.0 Å². The van der Waals surface area contributed by atoms with Crippen molar-refractivity contribution in [3.05, 3.63) is 39.4 Å². The number of anilines is 1. The highest BCUT2D eigenvalue weighted by molar-refractivity contribution is 5.96. The summed E-state index contributed by atoms with van der Waals surface area (Å²) in [7, 11) is 0. The van der Waals surface area contributed by atoms with Crippen molar-refractivity contribution in [2.45, 2.75) is 45.3 Å². The number of carbonyl (C=O) groups is 1. The smallest absolute Gasteiger partial charge is 0.343 e. The van der Waals surface area contributed by atoms with Gasteiger partial charge >= 0.3 is 5.97 Å². The Kier molecular flexibility index (Phi) is 6.83. The van der Waals surface area contributed by atoms with Gasteiger partial charge in [-0.1, -0.05) is 6.92 Å². The van der Waals surface area contributed by atoms with Crippen molar-refractivity contribution >= 4 is 22.6 Å². The van der Waals surface area contributed by atoms with E-state index in [9.17, 15) is 14.7 Å². The molecule has 0 aliphatic carbocycles. The van der Waals surface area contributed by atoms with Crippen molar-refractivity contribution in [2.24, 2.45) is 5.92 Å². The molecule has 3 atom stereocenters. The molecule has 0 saturated carbocycles. The first-order chi connectivity index (χ1) is 16.8. The number of benzene rings is 1. The molecule has 0 unspecified atom stereocenters. The molecule has 3 aliphatic heterocycles. The number of aliphatic hydroxyl groups excluding tert-OH is 1. The summed E-state index contributed by atoms with van der Waals surface area (Å²) >= 11 is 0. The Hall–Kier alpha value is -2.49. The number of aryl methyl sites for hydroxylation is 1. The third-order valence-electron chi connectivity index (χ3n) is 7.87. The molecule has 0 amide bonds. The zero-order chi connectivity index (χ0) is 24.7. The Labute approximate surface area is 204 Å². The minimum Gasteiger partial charge on any atom is -0.461 e. The number of hydrogen-bond donors (Lipinski definition) is 2. The lowest BCUT2D eigenvalue weighted by atomic mass is 9.91. The van der Waals surface area contributed by atoms with Gasteiger partial charge in [-0.05, 0) is 38.2 Å². The van der Waals surface area contributed by atoms with E-state index in [1.807, 2.05) is 16.4 Å². The first-order valence-corrected chi connectivity index (χ1v) is 12.8. The molecule has 2 N–H and O–H groups in total. The summed E-state index contributed by atoms with van der Waals surface area (Å²) in [6, 6.07) is 1.36. The maximum Gasteiger partial charge on any atom is 0.343 e. The number of nitrogens with one attached hydrogen (secondary N) is 1. The van der Waals surface area contributed by atoms with Gasteiger partial charge in [-0.2, -0.15) is 0 Å². The van der Waals surface area contributed by atoms with E-state index < -0.39 is 17.2 Å². The Morgan fingerprint density at radius 2 is 2.00 bits per heavy atom. The molecule has 4 heterocycles. The highest BCUT2D eigenvalue weighted by atomic mass is 19.1. The number of aliphatic hydroxyl groups is 1. The van der Waals surface area contributed by atoms with Crippen LogP contribution in [0.1, 0.15) is 48.7 Å². The number of piperazine rings is 1. The molecule has 190 valence electrons. The fraction of sp³-hybridized carbons (Fsp3) is 0.615. The van der Waals surface area contributed by atoms with Crippen molar-refractivity contribution in [1.82, 2.24) is 14.8 Å². The first kappa shape index (κ1) is 24.2. The molecule has 1 aromatic heterocycles. The number of aromatic nitrogens is 1. The van der Waals surface area contributed by atoms with Crippen molar-refractivity contribution in [2.75, 3.05) is 57.3 Å². The fourth-order valence-electron chi connectivity index (χ4n) is 5.74. The lowest BCUT2D eigenvalue weighted by Crippen LogP contribution is -2.44. The molecule has 2 fully saturated rings. The summed E-state index contributed by atoms with van der Waals surface area (Å²) in [6.45, 7) is 9.61. The average molecular weight is 487 g/mol. The summed E-state index contributed by atoms with van der Waals surface area (Å²) in [5.41, 5.74) is 1.53. The number of ether oxygens (including phenoxy) is 1. The van der Waals surface area contributed by atoms with Crippen molar-refractivity contribution in [3.63, 3.8) is 0 Å². The molecule has 1 aromatic carbocycles. The fourth-order valence-corrected chi connectivity index (χ4v) is 5.74. The summed E-state index contributed by atoms with van der Waals surface area (Å²) in [5.74, 6) is -1.06. The highest BCUT2D eigenvalue weighted by Gasteiger charge is 2.32.